The number of aryl methyl sites for hydroxylation is 1. The summed E-state index contributed by atoms with van der Waals surface area (Å²) in [6.45, 7) is 2.47. The average Bonchev–Trinajstić information content (AvgIpc) is 3.34. The summed E-state index contributed by atoms with van der Waals surface area (Å²) in [6.07, 6.45) is 5.63. The van der Waals surface area contributed by atoms with Crippen LogP contribution in [0.15, 0.2) is 30.5 Å². The van der Waals surface area contributed by atoms with Gasteiger partial charge < -0.3 is 10.3 Å². The van der Waals surface area contributed by atoms with Gasteiger partial charge in [-0.25, -0.2) is 9.37 Å². The summed E-state index contributed by atoms with van der Waals surface area (Å²) in [6, 6.07) is 6.33. The summed E-state index contributed by atoms with van der Waals surface area (Å²) in [5.74, 6) is 1.61. The zero-order valence-electron chi connectivity index (χ0n) is 16.1. The highest BCUT2D eigenvalue weighted by Gasteiger charge is 2.29. The highest BCUT2D eigenvalue weighted by molar-refractivity contribution is 6.00. The molecule has 7 nitrogen and oxygen atoms in total. The molecule has 0 radical (unpaired) electrons. The molecule has 0 unspecified atom stereocenters. The number of imidazole rings is 1. The molecule has 2 N–H and O–H groups in total. The summed E-state index contributed by atoms with van der Waals surface area (Å²) in [4.78, 5) is 20.4. The van der Waals surface area contributed by atoms with Crippen molar-refractivity contribution < 1.29 is 9.18 Å². The predicted octanol–water partition coefficient (Wildman–Crippen LogP) is 3.16. The summed E-state index contributed by atoms with van der Waals surface area (Å²) in [7, 11) is 0. The zero-order chi connectivity index (χ0) is 20.0. The number of rotatable bonds is 6. The van der Waals surface area contributed by atoms with Crippen molar-refractivity contribution in [2.75, 3.05) is 6.54 Å². The minimum absolute atomic E-state index is 0.179. The molecule has 1 saturated carbocycles. The highest BCUT2D eigenvalue weighted by atomic mass is 19.1. The van der Waals surface area contributed by atoms with Crippen LogP contribution in [-0.2, 0) is 12.8 Å². The number of aromatic nitrogens is 5. The second kappa shape index (κ2) is 6.95. The third-order valence-electron chi connectivity index (χ3n) is 5.32. The van der Waals surface area contributed by atoms with E-state index >= 15 is 0 Å². The van der Waals surface area contributed by atoms with Gasteiger partial charge in [0, 0.05) is 25.1 Å². The van der Waals surface area contributed by atoms with Crippen molar-refractivity contribution in [3.05, 3.63) is 59.1 Å². The van der Waals surface area contributed by atoms with Gasteiger partial charge in [0.2, 0.25) is 0 Å². The highest BCUT2D eigenvalue weighted by Crippen LogP contribution is 2.39. The molecule has 148 valence electrons. The molecular weight excluding hydrogens is 371 g/mol. The van der Waals surface area contributed by atoms with Gasteiger partial charge in [-0.15, -0.1) is 10.2 Å². The Kier molecular flexibility index (Phi) is 4.26. The fraction of sp³-hybridized carbons (Fsp3) is 0.333. The average molecular weight is 392 g/mol. The normalized spacial score (nSPS) is 14.0. The molecule has 3 aromatic heterocycles. The summed E-state index contributed by atoms with van der Waals surface area (Å²) in [5, 5.41) is 11.5. The molecule has 1 fully saturated rings. The fourth-order valence-corrected chi connectivity index (χ4v) is 3.59. The van der Waals surface area contributed by atoms with Gasteiger partial charge in [-0.2, -0.15) is 0 Å². The van der Waals surface area contributed by atoms with Crippen molar-refractivity contribution in [1.29, 1.82) is 0 Å². The Hall–Kier alpha value is -3.29. The number of hydrogen-bond donors (Lipinski definition) is 2. The molecule has 1 aliphatic carbocycles. The standard InChI is InChI=1S/C21H21FN6O/c1-2-12-9-15(20-27-26-19(13-3-4-13)28(20)11-12)21(29)23-8-7-18-24-16-6-5-14(22)10-17(16)25-18/h5-6,9-11,13H,2-4,7-8H2,1H3,(H,23,29)(H,24,25). The lowest BCUT2D eigenvalue weighted by molar-refractivity contribution is 0.0955. The SMILES string of the molecule is CCc1cc(C(=O)NCCc2nc3ccc(F)cc3[nH]2)c2nnc(C3CC3)n2c1. The maximum absolute atomic E-state index is 13.3. The number of fused-ring (bicyclic) bond motifs is 2. The summed E-state index contributed by atoms with van der Waals surface area (Å²) in [5.41, 5.74) is 3.57. The van der Waals surface area contributed by atoms with Crippen LogP contribution in [0.3, 0.4) is 0 Å². The Labute approximate surface area is 166 Å². The number of aromatic amines is 1. The van der Waals surface area contributed by atoms with Gasteiger partial charge in [0.05, 0.1) is 16.6 Å². The lowest BCUT2D eigenvalue weighted by Crippen LogP contribution is -2.26. The van der Waals surface area contributed by atoms with E-state index in [1.165, 1.54) is 12.1 Å². The van der Waals surface area contributed by atoms with Crippen LogP contribution in [0.1, 0.15) is 53.3 Å². The molecule has 0 aliphatic heterocycles. The predicted molar refractivity (Wildman–Crippen MR) is 106 cm³/mol. The quantitative estimate of drug-likeness (QED) is 0.528. The number of hydrogen-bond acceptors (Lipinski definition) is 4. The van der Waals surface area contributed by atoms with Crippen molar-refractivity contribution in [3.8, 4) is 0 Å². The van der Waals surface area contributed by atoms with Crippen molar-refractivity contribution in [2.24, 2.45) is 0 Å². The number of halogens is 1. The van der Waals surface area contributed by atoms with Crippen LogP contribution in [0.5, 0.6) is 0 Å². The topological polar surface area (TPSA) is 88.0 Å². The van der Waals surface area contributed by atoms with Gasteiger partial charge in [-0.1, -0.05) is 6.92 Å². The van der Waals surface area contributed by atoms with Gasteiger partial charge in [0.1, 0.15) is 17.5 Å². The molecule has 0 spiro atoms. The molecule has 0 saturated heterocycles. The number of pyridine rings is 1. The van der Waals surface area contributed by atoms with Gasteiger partial charge in [-0.3, -0.25) is 9.20 Å². The summed E-state index contributed by atoms with van der Waals surface area (Å²) >= 11 is 0. The monoisotopic (exact) mass is 392 g/mol. The third kappa shape index (κ3) is 3.35. The molecule has 0 atom stereocenters. The number of nitrogens with zero attached hydrogens (tertiary/aromatic N) is 4. The molecule has 1 aromatic carbocycles. The van der Waals surface area contributed by atoms with E-state index in [1.54, 1.807) is 6.07 Å². The first kappa shape index (κ1) is 17.8. The molecule has 1 amide bonds. The van der Waals surface area contributed by atoms with E-state index in [0.717, 1.165) is 30.7 Å². The van der Waals surface area contributed by atoms with Gasteiger partial charge >= 0.3 is 0 Å². The molecule has 4 aromatic rings. The maximum atomic E-state index is 13.3. The second-order valence-electron chi connectivity index (χ2n) is 7.49. The van der Waals surface area contributed by atoms with Crippen molar-refractivity contribution in [3.63, 3.8) is 0 Å². The molecular formula is C21H21FN6O. The number of benzene rings is 1. The Bertz CT molecular complexity index is 1220. The summed E-state index contributed by atoms with van der Waals surface area (Å²) < 4.78 is 15.3. The van der Waals surface area contributed by atoms with E-state index in [0.29, 0.717) is 47.0 Å². The number of carbonyl (C=O) groups excluding carboxylic acids is 1. The largest absolute Gasteiger partial charge is 0.351 e. The number of nitrogens with one attached hydrogen (secondary N) is 2. The number of amides is 1. The minimum atomic E-state index is -0.306. The molecule has 8 heteroatoms. The van der Waals surface area contributed by atoms with E-state index in [4.69, 9.17) is 0 Å². The molecule has 3 heterocycles. The van der Waals surface area contributed by atoms with Crippen LogP contribution in [0, 0.1) is 5.82 Å². The van der Waals surface area contributed by atoms with Crippen LogP contribution in [0.4, 0.5) is 4.39 Å². The van der Waals surface area contributed by atoms with Crippen molar-refractivity contribution >= 4 is 22.6 Å². The second-order valence-corrected chi connectivity index (χ2v) is 7.49. The van der Waals surface area contributed by atoms with Crippen molar-refractivity contribution in [2.45, 2.75) is 38.5 Å². The molecule has 0 bridgehead atoms. The number of carbonyl (C=O) groups is 1. The van der Waals surface area contributed by atoms with Crippen LogP contribution >= 0.6 is 0 Å². The van der Waals surface area contributed by atoms with Crippen LogP contribution in [0.25, 0.3) is 16.7 Å². The van der Waals surface area contributed by atoms with E-state index in [2.05, 4.69) is 32.4 Å². The van der Waals surface area contributed by atoms with Gasteiger partial charge in [-0.05, 0) is 49.1 Å². The zero-order valence-corrected chi connectivity index (χ0v) is 16.1. The van der Waals surface area contributed by atoms with E-state index < -0.39 is 0 Å². The van der Waals surface area contributed by atoms with Crippen LogP contribution < -0.4 is 5.32 Å². The first-order chi connectivity index (χ1) is 14.1. The molecule has 1 aliphatic rings. The number of H-pyrrole nitrogens is 1. The smallest absolute Gasteiger partial charge is 0.255 e. The van der Waals surface area contributed by atoms with Gasteiger partial charge in [0.15, 0.2) is 5.65 Å². The van der Waals surface area contributed by atoms with E-state index in [9.17, 15) is 9.18 Å². The third-order valence-corrected chi connectivity index (χ3v) is 5.32. The Morgan fingerprint density at radius 1 is 1.31 bits per heavy atom. The van der Waals surface area contributed by atoms with Gasteiger partial charge in [0.25, 0.3) is 5.91 Å². The van der Waals surface area contributed by atoms with Crippen LogP contribution in [-0.4, -0.2) is 37.0 Å². The van der Waals surface area contributed by atoms with E-state index in [1.807, 2.05) is 16.7 Å². The Morgan fingerprint density at radius 2 is 2.17 bits per heavy atom. The molecule has 29 heavy (non-hydrogen) atoms. The molecule has 5 rings (SSSR count). The first-order valence-corrected chi connectivity index (χ1v) is 9.92. The lowest BCUT2D eigenvalue weighted by atomic mass is 10.1. The maximum Gasteiger partial charge on any atom is 0.255 e. The Balaban J connectivity index is 1.34. The minimum Gasteiger partial charge on any atom is -0.351 e. The van der Waals surface area contributed by atoms with E-state index in [-0.39, 0.29) is 11.7 Å². The fourth-order valence-electron chi connectivity index (χ4n) is 3.59. The first-order valence-electron chi connectivity index (χ1n) is 9.92. The lowest BCUT2D eigenvalue weighted by Gasteiger charge is -2.08. The Morgan fingerprint density at radius 3 is 2.97 bits per heavy atom. The van der Waals surface area contributed by atoms with Crippen LogP contribution in [0.2, 0.25) is 0 Å². The van der Waals surface area contributed by atoms with Crippen molar-refractivity contribution in [1.82, 2.24) is 29.9 Å².